The number of carbonyl (C=O) groups is 1. The third-order valence-electron chi connectivity index (χ3n) is 2.13. The number of anilines is 1. The van der Waals surface area contributed by atoms with Crippen molar-refractivity contribution < 1.29 is 14.0 Å². The van der Waals surface area contributed by atoms with Crippen LogP contribution in [0.2, 0.25) is 0 Å². The number of hydroxylamine groups is 1. The van der Waals surface area contributed by atoms with E-state index in [1.165, 1.54) is 24.4 Å². The maximum Gasteiger partial charge on any atom is 0.302 e. The number of aromatic nitrogens is 1. The van der Waals surface area contributed by atoms with Crippen LogP contribution in [0.5, 0.6) is 5.75 Å². The molecule has 1 aromatic heterocycles. The van der Waals surface area contributed by atoms with Gasteiger partial charge in [0.25, 0.3) is 0 Å². The molecule has 2 aromatic rings. The average Bonchev–Trinajstić information content (AvgIpc) is 2.41. The smallest absolute Gasteiger partial charge is 0.302 e. The lowest BCUT2D eigenvalue weighted by molar-refractivity contribution is 0.0754. The molecule has 0 aliphatic carbocycles. The number of amides is 1. The van der Waals surface area contributed by atoms with Crippen LogP contribution in [0.4, 0.5) is 10.1 Å². The van der Waals surface area contributed by atoms with Crippen molar-refractivity contribution >= 4 is 11.6 Å². The van der Waals surface area contributed by atoms with Gasteiger partial charge in [-0.3, -0.25) is 9.78 Å². The predicted octanol–water partition coefficient (Wildman–Crippen LogP) is 1.53. The summed E-state index contributed by atoms with van der Waals surface area (Å²) in [6, 6.07) is 8.75. The number of halogens is 1. The van der Waals surface area contributed by atoms with Gasteiger partial charge in [0.15, 0.2) is 5.75 Å². The topological polar surface area (TPSA) is 77.2 Å². The van der Waals surface area contributed by atoms with Crippen LogP contribution in [0.3, 0.4) is 0 Å². The first-order valence-corrected chi connectivity index (χ1v) is 5.10. The van der Waals surface area contributed by atoms with Crippen molar-refractivity contribution in [1.82, 2.24) is 10.5 Å². The van der Waals surface area contributed by atoms with Crippen LogP contribution < -0.4 is 16.1 Å². The molecule has 3 N–H and O–H groups in total. The molecule has 0 fully saturated rings. The molecular weight excluding hydrogens is 237 g/mol. The zero-order valence-corrected chi connectivity index (χ0v) is 9.26. The van der Waals surface area contributed by atoms with Crippen molar-refractivity contribution in [2.75, 3.05) is 5.73 Å². The highest BCUT2D eigenvalue weighted by Crippen LogP contribution is 2.17. The van der Waals surface area contributed by atoms with E-state index >= 15 is 0 Å². The Balaban J connectivity index is 1.99. The minimum Gasteiger partial charge on any atom is -0.396 e. The number of nitrogens with zero attached hydrogens (tertiary/aromatic N) is 1. The monoisotopic (exact) mass is 247 g/mol. The van der Waals surface area contributed by atoms with E-state index in [-0.39, 0.29) is 17.1 Å². The Morgan fingerprint density at radius 3 is 2.83 bits per heavy atom. The molecule has 0 aliphatic rings. The van der Waals surface area contributed by atoms with Crippen LogP contribution in [0.25, 0.3) is 0 Å². The lowest BCUT2D eigenvalue weighted by Gasteiger charge is -2.07. The summed E-state index contributed by atoms with van der Waals surface area (Å²) < 4.78 is 13.1. The normalized spacial score (nSPS) is 9.83. The second-order valence-corrected chi connectivity index (χ2v) is 3.43. The number of hydrogen-bond acceptors (Lipinski definition) is 4. The Labute approximate surface area is 102 Å². The van der Waals surface area contributed by atoms with Gasteiger partial charge in [0.05, 0.1) is 5.69 Å². The highest BCUT2D eigenvalue weighted by Gasteiger charge is 2.07. The molecule has 5 nitrogen and oxygen atoms in total. The molecule has 0 radical (unpaired) electrons. The molecule has 1 heterocycles. The van der Waals surface area contributed by atoms with Crippen molar-refractivity contribution in [1.29, 1.82) is 0 Å². The summed E-state index contributed by atoms with van der Waals surface area (Å²) in [5.41, 5.74) is 7.68. The van der Waals surface area contributed by atoms with Gasteiger partial charge in [0, 0.05) is 12.3 Å². The largest absolute Gasteiger partial charge is 0.396 e. The molecule has 0 unspecified atom stereocenters. The number of pyridine rings is 1. The zero-order chi connectivity index (χ0) is 13.0. The predicted molar refractivity (Wildman–Crippen MR) is 63.1 cm³/mol. The maximum atomic E-state index is 13.1. The van der Waals surface area contributed by atoms with Crippen molar-refractivity contribution in [2.24, 2.45) is 0 Å². The fourth-order valence-electron chi connectivity index (χ4n) is 1.23. The molecule has 0 atom stereocenters. The van der Waals surface area contributed by atoms with Crippen LogP contribution in [-0.4, -0.2) is 10.9 Å². The summed E-state index contributed by atoms with van der Waals surface area (Å²) >= 11 is 0. The molecule has 1 amide bonds. The van der Waals surface area contributed by atoms with E-state index in [9.17, 15) is 9.18 Å². The Hall–Kier alpha value is -2.63. The number of hydrogen-bond donors (Lipinski definition) is 2. The fraction of sp³-hybridized carbons (Fsp3) is 0. The third-order valence-corrected chi connectivity index (χ3v) is 2.13. The molecule has 2 rings (SSSR count). The second-order valence-electron chi connectivity index (χ2n) is 3.43. The molecule has 0 saturated carbocycles. The van der Waals surface area contributed by atoms with Gasteiger partial charge in [0.1, 0.15) is 11.5 Å². The van der Waals surface area contributed by atoms with E-state index in [2.05, 4.69) is 10.5 Å². The van der Waals surface area contributed by atoms with E-state index in [1.807, 2.05) is 0 Å². The highest BCUT2D eigenvalue weighted by atomic mass is 19.1. The SMILES string of the molecule is Nc1ccc(ONC(=O)c2ccccn2)cc1F. The van der Waals surface area contributed by atoms with Crippen LogP contribution in [0.1, 0.15) is 10.5 Å². The molecular formula is C12H10FN3O2. The first-order valence-electron chi connectivity index (χ1n) is 5.10. The quantitative estimate of drug-likeness (QED) is 0.637. The van der Waals surface area contributed by atoms with Crippen LogP contribution in [-0.2, 0) is 0 Å². The van der Waals surface area contributed by atoms with Gasteiger partial charge in [-0.2, -0.15) is 5.48 Å². The van der Waals surface area contributed by atoms with Crippen LogP contribution in [0, 0.1) is 5.82 Å². The van der Waals surface area contributed by atoms with E-state index in [1.54, 1.807) is 12.1 Å². The Bertz CT molecular complexity index is 561. The number of benzene rings is 1. The molecule has 18 heavy (non-hydrogen) atoms. The Morgan fingerprint density at radius 1 is 1.33 bits per heavy atom. The van der Waals surface area contributed by atoms with Crippen molar-refractivity contribution in [3.63, 3.8) is 0 Å². The van der Waals surface area contributed by atoms with E-state index in [0.717, 1.165) is 6.07 Å². The second kappa shape index (κ2) is 5.13. The summed E-state index contributed by atoms with van der Waals surface area (Å²) in [4.78, 5) is 20.3. The number of nitrogens with two attached hydrogens (primary N) is 1. The van der Waals surface area contributed by atoms with Gasteiger partial charge >= 0.3 is 5.91 Å². The summed E-state index contributed by atoms with van der Waals surface area (Å²) in [6.07, 6.45) is 1.48. The first kappa shape index (κ1) is 11.8. The van der Waals surface area contributed by atoms with Gasteiger partial charge in [-0.1, -0.05) is 6.07 Å². The zero-order valence-electron chi connectivity index (χ0n) is 9.26. The average molecular weight is 247 g/mol. The standard InChI is InChI=1S/C12H10FN3O2/c13-9-7-8(4-5-10(9)14)18-16-12(17)11-3-1-2-6-15-11/h1-7H,14H2,(H,16,17). The number of carbonyl (C=O) groups excluding carboxylic acids is 1. The molecule has 1 aromatic carbocycles. The van der Waals surface area contributed by atoms with Gasteiger partial charge < -0.3 is 10.6 Å². The summed E-state index contributed by atoms with van der Waals surface area (Å²) in [5, 5.41) is 0. The van der Waals surface area contributed by atoms with Crippen molar-refractivity contribution in [3.8, 4) is 5.75 Å². The summed E-state index contributed by atoms with van der Waals surface area (Å²) in [5.74, 6) is -0.988. The van der Waals surface area contributed by atoms with Gasteiger partial charge in [0.2, 0.25) is 0 Å². The number of rotatable bonds is 3. The van der Waals surface area contributed by atoms with E-state index in [0.29, 0.717) is 0 Å². The molecule has 0 bridgehead atoms. The minimum absolute atomic E-state index is 0.0124. The molecule has 6 heteroatoms. The van der Waals surface area contributed by atoms with E-state index in [4.69, 9.17) is 10.6 Å². The van der Waals surface area contributed by atoms with E-state index < -0.39 is 11.7 Å². The lowest BCUT2D eigenvalue weighted by atomic mass is 10.3. The highest BCUT2D eigenvalue weighted by molar-refractivity contribution is 5.91. The van der Waals surface area contributed by atoms with Gasteiger partial charge in [-0.25, -0.2) is 4.39 Å². The van der Waals surface area contributed by atoms with Crippen LogP contribution in [0.15, 0.2) is 42.6 Å². The minimum atomic E-state index is -0.611. The lowest BCUT2D eigenvalue weighted by Crippen LogP contribution is -2.27. The number of nitrogens with one attached hydrogen (secondary N) is 1. The molecule has 92 valence electrons. The van der Waals surface area contributed by atoms with Crippen LogP contribution >= 0.6 is 0 Å². The molecule has 0 saturated heterocycles. The Kier molecular flexibility index (Phi) is 3.38. The number of nitrogen functional groups attached to an aromatic ring is 1. The molecule has 0 spiro atoms. The summed E-state index contributed by atoms with van der Waals surface area (Å²) in [7, 11) is 0. The molecule has 0 aliphatic heterocycles. The first-order chi connectivity index (χ1) is 8.66. The fourth-order valence-corrected chi connectivity index (χ4v) is 1.23. The maximum absolute atomic E-state index is 13.1. The van der Waals surface area contributed by atoms with Gasteiger partial charge in [-0.05, 0) is 24.3 Å². The van der Waals surface area contributed by atoms with Crippen molar-refractivity contribution in [2.45, 2.75) is 0 Å². The Morgan fingerprint density at radius 2 is 2.17 bits per heavy atom. The van der Waals surface area contributed by atoms with Crippen molar-refractivity contribution in [3.05, 3.63) is 54.1 Å². The van der Waals surface area contributed by atoms with Gasteiger partial charge in [-0.15, -0.1) is 0 Å². The third kappa shape index (κ3) is 2.73. The summed E-state index contributed by atoms with van der Waals surface area (Å²) in [6.45, 7) is 0.